The first-order valence-corrected chi connectivity index (χ1v) is 8.05. The lowest BCUT2D eigenvalue weighted by atomic mass is 10.1. The summed E-state index contributed by atoms with van der Waals surface area (Å²) < 4.78 is 14.2. The highest BCUT2D eigenvalue weighted by Crippen LogP contribution is 2.27. The van der Waals surface area contributed by atoms with Crippen LogP contribution in [0.25, 0.3) is 0 Å². The van der Waals surface area contributed by atoms with Crippen LogP contribution in [0.2, 0.25) is 0 Å². The number of hydrogen-bond donors (Lipinski definition) is 2. The van der Waals surface area contributed by atoms with Gasteiger partial charge in [0.15, 0.2) is 0 Å². The zero-order chi connectivity index (χ0) is 15.7. The Labute approximate surface area is 128 Å². The van der Waals surface area contributed by atoms with Crippen molar-refractivity contribution in [1.29, 1.82) is 0 Å². The van der Waals surface area contributed by atoms with Crippen molar-refractivity contribution in [1.82, 2.24) is 5.32 Å². The van der Waals surface area contributed by atoms with E-state index in [0.29, 0.717) is 24.7 Å². The second kappa shape index (κ2) is 9.74. The monoisotopic (exact) mass is 296 g/mol. The molecule has 120 valence electrons. The molecular formula is C17H29FN2O. The fourth-order valence-electron chi connectivity index (χ4n) is 2.72. The lowest BCUT2D eigenvalue weighted by Gasteiger charge is -2.34. The number of anilines is 1. The normalized spacial score (nSPS) is 11.1. The third-order valence-corrected chi connectivity index (χ3v) is 3.86. The fourth-order valence-corrected chi connectivity index (χ4v) is 2.72. The number of aliphatic hydroxyl groups excluding tert-OH is 1. The number of hydrogen-bond acceptors (Lipinski definition) is 3. The summed E-state index contributed by atoms with van der Waals surface area (Å²) in [6, 6.07) is 5.54. The minimum atomic E-state index is -0.176. The average Bonchev–Trinajstić information content (AvgIpc) is 2.49. The van der Waals surface area contributed by atoms with Crippen LogP contribution in [0.1, 0.15) is 45.6 Å². The van der Waals surface area contributed by atoms with Gasteiger partial charge in [0, 0.05) is 30.4 Å². The number of benzene rings is 1. The molecule has 1 rings (SSSR count). The highest BCUT2D eigenvalue weighted by molar-refractivity contribution is 5.55. The average molecular weight is 296 g/mol. The molecule has 0 fully saturated rings. The highest BCUT2D eigenvalue weighted by atomic mass is 19.1. The van der Waals surface area contributed by atoms with Crippen LogP contribution < -0.4 is 10.2 Å². The van der Waals surface area contributed by atoms with Gasteiger partial charge < -0.3 is 15.3 Å². The van der Waals surface area contributed by atoms with E-state index in [1.165, 1.54) is 6.07 Å². The van der Waals surface area contributed by atoms with Crippen LogP contribution in [0.3, 0.4) is 0 Å². The summed E-state index contributed by atoms with van der Waals surface area (Å²) in [6.45, 7) is 8.37. The number of rotatable bonds is 10. The van der Waals surface area contributed by atoms with Gasteiger partial charge in [0.1, 0.15) is 5.82 Å². The molecule has 1 aromatic rings. The maximum Gasteiger partial charge on any atom is 0.129 e. The molecule has 2 N–H and O–H groups in total. The molecule has 0 radical (unpaired) electrons. The molecule has 3 nitrogen and oxygen atoms in total. The van der Waals surface area contributed by atoms with E-state index in [1.807, 2.05) is 6.07 Å². The van der Waals surface area contributed by atoms with Crippen molar-refractivity contribution in [3.8, 4) is 0 Å². The molecule has 1 aromatic carbocycles. The van der Waals surface area contributed by atoms with Crippen molar-refractivity contribution in [2.45, 2.75) is 52.6 Å². The Bertz CT molecular complexity index is 408. The summed E-state index contributed by atoms with van der Waals surface area (Å²) in [5, 5.41) is 12.6. The quantitative estimate of drug-likeness (QED) is 0.650. The molecule has 4 heteroatoms. The van der Waals surface area contributed by atoms with E-state index < -0.39 is 0 Å². The van der Waals surface area contributed by atoms with E-state index in [9.17, 15) is 9.50 Å². The minimum absolute atomic E-state index is 0.0782. The van der Waals surface area contributed by atoms with Crippen LogP contribution in [0.15, 0.2) is 18.2 Å². The second-order valence-corrected chi connectivity index (χ2v) is 5.30. The predicted octanol–water partition coefficient (Wildman–Crippen LogP) is 3.31. The van der Waals surface area contributed by atoms with Crippen molar-refractivity contribution < 1.29 is 9.50 Å². The van der Waals surface area contributed by atoms with Gasteiger partial charge in [-0.05, 0) is 37.9 Å². The van der Waals surface area contributed by atoms with Gasteiger partial charge in [0.2, 0.25) is 0 Å². The van der Waals surface area contributed by atoms with Crippen LogP contribution in [-0.2, 0) is 6.54 Å². The summed E-state index contributed by atoms with van der Waals surface area (Å²) in [4.78, 5) is 2.14. The minimum Gasteiger partial charge on any atom is -0.395 e. The Balaban J connectivity index is 3.08. The molecule has 0 saturated carbocycles. The third-order valence-electron chi connectivity index (χ3n) is 3.86. The summed E-state index contributed by atoms with van der Waals surface area (Å²) in [6.07, 6.45) is 2.99. The van der Waals surface area contributed by atoms with Crippen molar-refractivity contribution in [2.75, 3.05) is 24.6 Å². The molecule has 0 spiro atoms. The number of nitrogens with one attached hydrogen (secondary N) is 1. The molecule has 0 aliphatic carbocycles. The van der Waals surface area contributed by atoms with Gasteiger partial charge in [-0.1, -0.05) is 26.8 Å². The van der Waals surface area contributed by atoms with Crippen LogP contribution in [0, 0.1) is 5.82 Å². The van der Waals surface area contributed by atoms with E-state index in [4.69, 9.17) is 0 Å². The van der Waals surface area contributed by atoms with Gasteiger partial charge in [0.25, 0.3) is 0 Å². The molecule has 0 heterocycles. The van der Waals surface area contributed by atoms with Gasteiger partial charge in [-0.2, -0.15) is 0 Å². The van der Waals surface area contributed by atoms with Gasteiger partial charge >= 0.3 is 0 Å². The maximum atomic E-state index is 14.2. The molecule has 0 aromatic heterocycles. The standard InChI is InChI=1S/C17H29FN2O/c1-4-10-19-13-15-16(18)8-7-9-17(15)20(11-12-21)14(5-2)6-3/h7-9,14,19,21H,4-6,10-13H2,1-3H3. The summed E-state index contributed by atoms with van der Waals surface area (Å²) in [7, 11) is 0. The second-order valence-electron chi connectivity index (χ2n) is 5.30. The Kier molecular flexibility index (Phi) is 8.31. The van der Waals surface area contributed by atoms with Crippen molar-refractivity contribution in [3.05, 3.63) is 29.6 Å². The smallest absolute Gasteiger partial charge is 0.129 e. The lowest BCUT2D eigenvalue weighted by Crippen LogP contribution is -2.38. The van der Waals surface area contributed by atoms with E-state index >= 15 is 0 Å². The van der Waals surface area contributed by atoms with Gasteiger partial charge in [0.05, 0.1) is 6.61 Å². The van der Waals surface area contributed by atoms with Crippen LogP contribution in [0.4, 0.5) is 10.1 Å². The lowest BCUT2D eigenvalue weighted by molar-refractivity contribution is 0.295. The highest BCUT2D eigenvalue weighted by Gasteiger charge is 2.19. The van der Waals surface area contributed by atoms with E-state index in [1.54, 1.807) is 6.07 Å². The van der Waals surface area contributed by atoms with Crippen molar-refractivity contribution >= 4 is 5.69 Å². The van der Waals surface area contributed by atoms with Crippen LogP contribution in [0.5, 0.6) is 0 Å². The molecule has 0 amide bonds. The summed E-state index contributed by atoms with van der Waals surface area (Å²) in [5.41, 5.74) is 1.60. The first-order valence-electron chi connectivity index (χ1n) is 8.05. The van der Waals surface area contributed by atoms with Crippen LogP contribution >= 0.6 is 0 Å². The van der Waals surface area contributed by atoms with E-state index in [2.05, 4.69) is 31.0 Å². The Morgan fingerprint density at radius 1 is 1.24 bits per heavy atom. The SMILES string of the molecule is CCCNCc1c(F)cccc1N(CCO)C(CC)CC. The Morgan fingerprint density at radius 3 is 2.52 bits per heavy atom. The molecule has 0 aliphatic heterocycles. The molecule has 0 bridgehead atoms. The molecule has 0 saturated heterocycles. The zero-order valence-electron chi connectivity index (χ0n) is 13.5. The largest absolute Gasteiger partial charge is 0.395 e. The molecular weight excluding hydrogens is 267 g/mol. The van der Waals surface area contributed by atoms with E-state index in [0.717, 1.165) is 31.5 Å². The number of nitrogens with zero attached hydrogens (tertiary/aromatic N) is 1. The molecule has 21 heavy (non-hydrogen) atoms. The van der Waals surface area contributed by atoms with Crippen LogP contribution in [-0.4, -0.2) is 30.8 Å². The Hall–Kier alpha value is -1.13. The summed E-state index contributed by atoms with van der Waals surface area (Å²) in [5.74, 6) is -0.176. The third kappa shape index (κ3) is 4.97. The first-order chi connectivity index (χ1) is 10.2. The van der Waals surface area contributed by atoms with Gasteiger partial charge in [-0.15, -0.1) is 0 Å². The van der Waals surface area contributed by atoms with Crippen molar-refractivity contribution in [3.63, 3.8) is 0 Å². The predicted molar refractivity (Wildman–Crippen MR) is 87.2 cm³/mol. The molecule has 0 atom stereocenters. The summed E-state index contributed by atoms with van der Waals surface area (Å²) >= 11 is 0. The molecule has 0 unspecified atom stereocenters. The van der Waals surface area contributed by atoms with Gasteiger partial charge in [-0.3, -0.25) is 0 Å². The first kappa shape index (κ1) is 17.9. The fraction of sp³-hybridized carbons (Fsp3) is 0.647. The maximum absolute atomic E-state index is 14.2. The number of halogens is 1. The van der Waals surface area contributed by atoms with Crippen molar-refractivity contribution in [2.24, 2.45) is 0 Å². The zero-order valence-corrected chi connectivity index (χ0v) is 13.5. The van der Waals surface area contributed by atoms with Gasteiger partial charge in [-0.25, -0.2) is 4.39 Å². The molecule has 0 aliphatic rings. The Morgan fingerprint density at radius 2 is 1.95 bits per heavy atom. The topological polar surface area (TPSA) is 35.5 Å². The number of aliphatic hydroxyl groups is 1. The van der Waals surface area contributed by atoms with E-state index in [-0.39, 0.29) is 12.4 Å².